The number of thiophene rings is 1. The van der Waals surface area contributed by atoms with Gasteiger partial charge in [0, 0.05) is 10.9 Å². The van der Waals surface area contributed by atoms with Crippen LogP contribution >= 0.6 is 11.3 Å². The van der Waals surface area contributed by atoms with E-state index in [1.165, 1.54) is 19.4 Å². The first kappa shape index (κ1) is 8.27. The van der Waals surface area contributed by atoms with Crippen molar-refractivity contribution in [1.29, 1.82) is 0 Å². The van der Waals surface area contributed by atoms with Gasteiger partial charge in [-0.25, -0.2) is 0 Å². The second kappa shape index (κ2) is 3.58. The van der Waals surface area contributed by atoms with Gasteiger partial charge < -0.3 is 5.32 Å². The first-order valence-electron chi connectivity index (χ1n) is 4.63. The van der Waals surface area contributed by atoms with E-state index >= 15 is 0 Å². The molecule has 0 aliphatic carbocycles. The minimum atomic E-state index is 0.700. The summed E-state index contributed by atoms with van der Waals surface area (Å²) in [5, 5.41) is 5.66. The fourth-order valence-corrected chi connectivity index (χ4v) is 2.79. The van der Waals surface area contributed by atoms with Gasteiger partial charge in [-0.05, 0) is 43.7 Å². The van der Waals surface area contributed by atoms with Gasteiger partial charge in [-0.2, -0.15) is 0 Å². The monoisotopic (exact) mass is 181 g/mol. The maximum atomic E-state index is 3.48. The lowest BCUT2D eigenvalue weighted by molar-refractivity contribution is 0.384. The molecule has 0 bridgehead atoms. The molecule has 2 unspecified atom stereocenters. The summed E-state index contributed by atoms with van der Waals surface area (Å²) in [4.78, 5) is 1.57. The van der Waals surface area contributed by atoms with Gasteiger partial charge in [0.05, 0.1) is 0 Å². The molecule has 0 saturated carbocycles. The standard InChI is InChI=1S/C10H15NS/c1-8-7-9(4-5-11-8)10-3-2-6-12-10/h2-3,6,8-9,11H,4-5,7H2,1H3. The molecule has 0 aromatic carbocycles. The smallest absolute Gasteiger partial charge is 0.00772 e. The molecule has 12 heavy (non-hydrogen) atoms. The molecule has 0 spiro atoms. The van der Waals surface area contributed by atoms with Crippen molar-refractivity contribution in [2.45, 2.75) is 31.7 Å². The van der Waals surface area contributed by atoms with Crippen molar-refractivity contribution in [3.63, 3.8) is 0 Å². The van der Waals surface area contributed by atoms with Gasteiger partial charge in [0.1, 0.15) is 0 Å². The Hall–Kier alpha value is -0.340. The Morgan fingerprint density at radius 1 is 1.58 bits per heavy atom. The summed E-state index contributed by atoms with van der Waals surface area (Å²) in [6.45, 7) is 3.46. The van der Waals surface area contributed by atoms with E-state index < -0.39 is 0 Å². The van der Waals surface area contributed by atoms with E-state index in [-0.39, 0.29) is 0 Å². The zero-order chi connectivity index (χ0) is 8.39. The van der Waals surface area contributed by atoms with Crippen LogP contribution in [0.2, 0.25) is 0 Å². The molecular formula is C10H15NS. The zero-order valence-corrected chi connectivity index (χ0v) is 8.23. The van der Waals surface area contributed by atoms with Gasteiger partial charge in [-0.15, -0.1) is 11.3 Å². The predicted octanol–water partition coefficient (Wildman–Crippen LogP) is 2.60. The molecule has 2 heterocycles. The molecule has 2 heteroatoms. The molecule has 1 fully saturated rings. The highest BCUT2D eigenvalue weighted by molar-refractivity contribution is 7.10. The van der Waals surface area contributed by atoms with Crippen LogP contribution in [0.15, 0.2) is 17.5 Å². The van der Waals surface area contributed by atoms with Crippen LogP contribution in [0.5, 0.6) is 0 Å². The molecule has 1 N–H and O–H groups in total. The van der Waals surface area contributed by atoms with Gasteiger partial charge in [0.25, 0.3) is 0 Å². The highest BCUT2D eigenvalue weighted by Gasteiger charge is 2.19. The van der Waals surface area contributed by atoms with Crippen molar-refractivity contribution in [1.82, 2.24) is 5.32 Å². The topological polar surface area (TPSA) is 12.0 Å². The Kier molecular flexibility index (Phi) is 2.47. The maximum absolute atomic E-state index is 3.48. The van der Waals surface area contributed by atoms with Crippen molar-refractivity contribution in [3.05, 3.63) is 22.4 Å². The molecule has 1 aliphatic rings. The predicted molar refractivity (Wildman–Crippen MR) is 53.8 cm³/mol. The van der Waals surface area contributed by atoms with E-state index in [2.05, 4.69) is 29.8 Å². The number of hydrogen-bond acceptors (Lipinski definition) is 2. The highest BCUT2D eigenvalue weighted by Crippen LogP contribution is 2.30. The lowest BCUT2D eigenvalue weighted by Gasteiger charge is -2.27. The number of rotatable bonds is 1. The van der Waals surface area contributed by atoms with Crippen LogP contribution in [0.1, 0.15) is 30.6 Å². The van der Waals surface area contributed by atoms with Crippen molar-refractivity contribution < 1.29 is 0 Å². The quantitative estimate of drug-likeness (QED) is 0.702. The average Bonchev–Trinajstić information content (AvgIpc) is 2.56. The lowest BCUT2D eigenvalue weighted by Crippen LogP contribution is -2.34. The third-order valence-electron chi connectivity index (χ3n) is 2.57. The van der Waals surface area contributed by atoms with E-state index in [9.17, 15) is 0 Å². The summed E-state index contributed by atoms with van der Waals surface area (Å²) >= 11 is 1.90. The van der Waals surface area contributed by atoms with E-state index in [1.807, 2.05) is 11.3 Å². The summed E-state index contributed by atoms with van der Waals surface area (Å²) < 4.78 is 0. The normalized spacial score (nSPS) is 30.4. The van der Waals surface area contributed by atoms with Crippen molar-refractivity contribution in [2.24, 2.45) is 0 Å². The van der Waals surface area contributed by atoms with Crippen LogP contribution in [-0.4, -0.2) is 12.6 Å². The van der Waals surface area contributed by atoms with Crippen LogP contribution in [0.25, 0.3) is 0 Å². The SMILES string of the molecule is CC1CC(c2cccs2)CCN1. The summed E-state index contributed by atoms with van der Waals surface area (Å²) in [5.41, 5.74) is 0. The van der Waals surface area contributed by atoms with Crippen LogP contribution in [0.4, 0.5) is 0 Å². The molecule has 1 aliphatic heterocycles. The van der Waals surface area contributed by atoms with E-state index in [0.29, 0.717) is 6.04 Å². The van der Waals surface area contributed by atoms with Gasteiger partial charge in [-0.3, -0.25) is 0 Å². The number of piperidine rings is 1. The van der Waals surface area contributed by atoms with Gasteiger partial charge in [-0.1, -0.05) is 6.07 Å². The fourth-order valence-electron chi connectivity index (χ4n) is 1.91. The molecule has 1 nitrogen and oxygen atoms in total. The Labute approximate surface area is 77.8 Å². The average molecular weight is 181 g/mol. The van der Waals surface area contributed by atoms with Crippen molar-refractivity contribution >= 4 is 11.3 Å². The molecule has 2 rings (SSSR count). The van der Waals surface area contributed by atoms with Gasteiger partial charge in [0.2, 0.25) is 0 Å². The molecule has 66 valence electrons. The summed E-state index contributed by atoms with van der Waals surface area (Å²) in [6.07, 6.45) is 2.62. The first-order valence-corrected chi connectivity index (χ1v) is 5.51. The Morgan fingerprint density at radius 3 is 3.17 bits per heavy atom. The molecule has 2 atom stereocenters. The van der Waals surface area contributed by atoms with Gasteiger partial charge in [0.15, 0.2) is 0 Å². The molecule has 1 aromatic heterocycles. The third kappa shape index (κ3) is 1.70. The van der Waals surface area contributed by atoms with E-state index in [0.717, 1.165) is 5.92 Å². The minimum Gasteiger partial charge on any atom is -0.314 e. The van der Waals surface area contributed by atoms with Crippen molar-refractivity contribution in [3.8, 4) is 0 Å². The lowest BCUT2D eigenvalue weighted by atomic mass is 9.92. The highest BCUT2D eigenvalue weighted by atomic mass is 32.1. The second-order valence-electron chi connectivity index (χ2n) is 3.59. The van der Waals surface area contributed by atoms with Crippen LogP contribution < -0.4 is 5.32 Å². The van der Waals surface area contributed by atoms with Gasteiger partial charge >= 0.3 is 0 Å². The maximum Gasteiger partial charge on any atom is 0.00772 e. The largest absolute Gasteiger partial charge is 0.314 e. The van der Waals surface area contributed by atoms with E-state index in [4.69, 9.17) is 0 Å². The minimum absolute atomic E-state index is 0.700. The summed E-state index contributed by atoms with van der Waals surface area (Å²) in [6, 6.07) is 5.13. The molecule has 1 aromatic rings. The Morgan fingerprint density at radius 2 is 2.50 bits per heavy atom. The number of hydrogen-bond donors (Lipinski definition) is 1. The molecule has 1 saturated heterocycles. The summed E-state index contributed by atoms with van der Waals surface area (Å²) in [5.74, 6) is 0.821. The fraction of sp³-hybridized carbons (Fsp3) is 0.600. The molecule has 0 amide bonds. The first-order chi connectivity index (χ1) is 5.86. The molecular weight excluding hydrogens is 166 g/mol. The van der Waals surface area contributed by atoms with E-state index in [1.54, 1.807) is 4.88 Å². The zero-order valence-electron chi connectivity index (χ0n) is 7.42. The molecule has 0 radical (unpaired) electrons. The van der Waals surface area contributed by atoms with Crippen LogP contribution in [-0.2, 0) is 0 Å². The number of nitrogens with one attached hydrogen (secondary N) is 1. The summed E-state index contributed by atoms with van der Waals surface area (Å²) in [7, 11) is 0. The Balaban J connectivity index is 2.04. The van der Waals surface area contributed by atoms with Crippen molar-refractivity contribution in [2.75, 3.05) is 6.54 Å². The van der Waals surface area contributed by atoms with Crippen LogP contribution in [0.3, 0.4) is 0 Å². The Bertz CT molecular complexity index is 230. The third-order valence-corrected chi connectivity index (χ3v) is 3.60. The van der Waals surface area contributed by atoms with Crippen LogP contribution in [0, 0.1) is 0 Å². The second-order valence-corrected chi connectivity index (χ2v) is 4.57.